The predicted molar refractivity (Wildman–Crippen MR) is 74.2 cm³/mol. The number of hydrogen-bond donors (Lipinski definition) is 1. The Labute approximate surface area is 119 Å². The molecule has 8 heteroatoms. The molecule has 2 heterocycles. The summed E-state index contributed by atoms with van der Waals surface area (Å²) in [5, 5.41) is 0.562. The van der Waals surface area contributed by atoms with E-state index in [1.807, 2.05) is 11.9 Å². The van der Waals surface area contributed by atoms with Crippen LogP contribution in [0, 0.1) is 0 Å². The maximum atomic E-state index is 11.6. The lowest BCUT2D eigenvalue weighted by atomic mass is 10.3. The van der Waals surface area contributed by atoms with E-state index in [1.165, 1.54) is 14.0 Å². The first-order valence-corrected chi connectivity index (χ1v) is 6.64. The molecule has 20 heavy (non-hydrogen) atoms. The lowest BCUT2D eigenvalue weighted by Crippen LogP contribution is -2.17. The van der Waals surface area contributed by atoms with Crippen LogP contribution in [-0.2, 0) is 11.3 Å². The number of aromatic amines is 1. The Morgan fingerprint density at radius 3 is 2.80 bits per heavy atom. The predicted octanol–water partition coefficient (Wildman–Crippen LogP) is 1.49. The third-order valence-corrected chi connectivity index (χ3v) is 3.85. The van der Waals surface area contributed by atoms with E-state index in [-0.39, 0.29) is 11.5 Å². The van der Waals surface area contributed by atoms with Crippen LogP contribution in [0.5, 0.6) is 0 Å². The van der Waals surface area contributed by atoms with E-state index in [0.29, 0.717) is 16.6 Å². The number of ketones is 1. The summed E-state index contributed by atoms with van der Waals surface area (Å²) < 4.78 is 4.64. The van der Waals surface area contributed by atoms with Crippen molar-refractivity contribution in [2.75, 3.05) is 19.1 Å². The summed E-state index contributed by atoms with van der Waals surface area (Å²) in [6.45, 7) is 1.90. The maximum Gasteiger partial charge on any atom is 0.358 e. The fourth-order valence-electron chi connectivity index (χ4n) is 1.62. The van der Waals surface area contributed by atoms with Crippen LogP contribution in [-0.4, -0.2) is 40.9 Å². The van der Waals surface area contributed by atoms with Gasteiger partial charge in [-0.15, -0.1) is 0 Å². The van der Waals surface area contributed by atoms with Crippen molar-refractivity contribution in [1.29, 1.82) is 0 Å². The highest BCUT2D eigenvalue weighted by atomic mass is 32.1. The topological polar surface area (TPSA) is 88.2 Å². The highest BCUT2D eigenvalue weighted by molar-refractivity contribution is 7.17. The molecule has 0 bridgehead atoms. The number of carbonyl (C=O) groups is 2. The van der Waals surface area contributed by atoms with Crippen molar-refractivity contribution in [3.05, 3.63) is 28.8 Å². The molecule has 2 rings (SSSR count). The maximum absolute atomic E-state index is 11.6. The van der Waals surface area contributed by atoms with Crippen LogP contribution in [0.25, 0.3) is 0 Å². The number of nitrogens with zero attached hydrogens (tertiary/aromatic N) is 3. The molecule has 0 amide bonds. The Morgan fingerprint density at radius 2 is 2.25 bits per heavy atom. The van der Waals surface area contributed by atoms with Gasteiger partial charge in [0.25, 0.3) is 0 Å². The van der Waals surface area contributed by atoms with Crippen molar-refractivity contribution in [3.63, 3.8) is 0 Å². The van der Waals surface area contributed by atoms with Crippen molar-refractivity contribution in [2.45, 2.75) is 13.5 Å². The van der Waals surface area contributed by atoms with Crippen LogP contribution >= 0.6 is 11.3 Å². The highest BCUT2D eigenvalue weighted by Crippen LogP contribution is 2.27. The average molecular weight is 294 g/mol. The molecule has 0 aliphatic heterocycles. The van der Waals surface area contributed by atoms with Gasteiger partial charge in [0, 0.05) is 26.4 Å². The summed E-state index contributed by atoms with van der Waals surface area (Å²) in [6.07, 6.45) is 3.39. The molecule has 0 aromatic carbocycles. The monoisotopic (exact) mass is 294 g/mol. The second-order valence-electron chi connectivity index (χ2n) is 4.11. The number of imidazole rings is 1. The van der Waals surface area contributed by atoms with Gasteiger partial charge in [-0.05, 0) is 0 Å². The summed E-state index contributed by atoms with van der Waals surface area (Å²) in [4.78, 5) is 36.6. The lowest BCUT2D eigenvalue weighted by molar-refractivity contribution is 0.0591. The normalized spacial score (nSPS) is 10.3. The fourth-order valence-corrected chi connectivity index (χ4v) is 2.53. The molecule has 0 atom stereocenters. The smallest absolute Gasteiger partial charge is 0.358 e. The van der Waals surface area contributed by atoms with E-state index in [2.05, 4.69) is 19.7 Å². The number of methoxy groups -OCH3 is 1. The van der Waals surface area contributed by atoms with E-state index in [1.54, 1.807) is 12.4 Å². The van der Waals surface area contributed by atoms with Gasteiger partial charge in [-0.3, -0.25) is 4.79 Å². The number of aromatic nitrogens is 3. The molecule has 0 unspecified atom stereocenters. The summed E-state index contributed by atoms with van der Waals surface area (Å²) >= 11 is 1.16. The minimum atomic E-state index is -0.607. The molecule has 2 aromatic rings. The molecule has 2 aromatic heterocycles. The summed E-state index contributed by atoms with van der Waals surface area (Å²) in [5.41, 5.74) is 0.0614. The van der Waals surface area contributed by atoms with Crippen molar-refractivity contribution in [1.82, 2.24) is 15.0 Å². The van der Waals surface area contributed by atoms with Gasteiger partial charge in [-0.2, -0.15) is 0 Å². The van der Waals surface area contributed by atoms with Crippen LogP contribution in [0.15, 0.2) is 12.4 Å². The second-order valence-corrected chi connectivity index (χ2v) is 5.09. The number of hydrogen-bond acceptors (Lipinski definition) is 7. The van der Waals surface area contributed by atoms with Crippen LogP contribution < -0.4 is 4.90 Å². The van der Waals surface area contributed by atoms with Gasteiger partial charge in [0.05, 0.1) is 13.7 Å². The first-order valence-electron chi connectivity index (χ1n) is 5.82. The SMILES string of the molecule is COC(=O)c1nc(N(C)Cc2ncc[nH]2)sc1C(C)=O. The standard InChI is InChI=1S/C12H14N4O3S/c1-7(17)10-9(11(18)19-3)15-12(20-10)16(2)6-8-13-4-5-14-8/h4-5H,6H2,1-3H3,(H,13,14). The molecule has 0 radical (unpaired) electrons. The van der Waals surface area contributed by atoms with Gasteiger partial charge >= 0.3 is 5.97 Å². The Morgan fingerprint density at radius 1 is 1.50 bits per heavy atom. The largest absolute Gasteiger partial charge is 0.464 e. The zero-order valence-corrected chi connectivity index (χ0v) is 12.2. The molecule has 0 aliphatic rings. The molecule has 0 spiro atoms. The van der Waals surface area contributed by atoms with Crippen LogP contribution in [0.1, 0.15) is 32.9 Å². The van der Waals surface area contributed by atoms with Gasteiger partial charge in [0.2, 0.25) is 0 Å². The first kappa shape index (κ1) is 14.2. The van der Waals surface area contributed by atoms with Gasteiger partial charge in [-0.1, -0.05) is 11.3 Å². The number of rotatable bonds is 5. The van der Waals surface area contributed by atoms with Gasteiger partial charge in [0.15, 0.2) is 16.6 Å². The first-order chi connectivity index (χ1) is 9.52. The number of anilines is 1. The molecule has 7 nitrogen and oxygen atoms in total. The van der Waals surface area contributed by atoms with Gasteiger partial charge in [0.1, 0.15) is 10.7 Å². The Bertz CT molecular complexity index is 621. The van der Waals surface area contributed by atoms with Crippen molar-refractivity contribution >= 4 is 28.2 Å². The summed E-state index contributed by atoms with van der Waals surface area (Å²) in [6, 6.07) is 0. The molecule has 0 aliphatic carbocycles. The minimum absolute atomic E-state index is 0.0614. The van der Waals surface area contributed by atoms with Gasteiger partial charge in [-0.25, -0.2) is 14.8 Å². The van der Waals surface area contributed by atoms with E-state index < -0.39 is 5.97 Å². The summed E-state index contributed by atoms with van der Waals surface area (Å²) in [5.74, 6) is -0.0451. The lowest BCUT2D eigenvalue weighted by Gasteiger charge is -2.13. The van der Waals surface area contributed by atoms with E-state index in [4.69, 9.17) is 0 Å². The Kier molecular flexibility index (Phi) is 4.14. The zero-order valence-electron chi connectivity index (χ0n) is 11.3. The van der Waals surface area contributed by atoms with E-state index in [9.17, 15) is 9.59 Å². The highest BCUT2D eigenvalue weighted by Gasteiger charge is 2.23. The number of nitrogens with one attached hydrogen (secondary N) is 1. The molecule has 0 fully saturated rings. The molecule has 0 saturated carbocycles. The van der Waals surface area contributed by atoms with Crippen molar-refractivity contribution in [2.24, 2.45) is 0 Å². The quantitative estimate of drug-likeness (QED) is 0.664. The number of esters is 1. The minimum Gasteiger partial charge on any atom is -0.464 e. The van der Waals surface area contributed by atoms with Gasteiger partial charge < -0.3 is 14.6 Å². The average Bonchev–Trinajstić information content (AvgIpc) is 3.06. The molecule has 1 N–H and O–H groups in total. The number of Topliss-reactive ketones (excluding diaryl/α,β-unsaturated/α-hetero) is 1. The van der Waals surface area contributed by atoms with Crippen LogP contribution in [0.3, 0.4) is 0 Å². The van der Waals surface area contributed by atoms with E-state index in [0.717, 1.165) is 17.2 Å². The van der Waals surface area contributed by atoms with Crippen LogP contribution in [0.4, 0.5) is 5.13 Å². The molecule has 106 valence electrons. The third kappa shape index (κ3) is 2.85. The van der Waals surface area contributed by atoms with Crippen molar-refractivity contribution in [3.8, 4) is 0 Å². The molecule has 0 saturated heterocycles. The Balaban J connectivity index is 2.28. The zero-order chi connectivity index (χ0) is 14.7. The van der Waals surface area contributed by atoms with Crippen molar-refractivity contribution < 1.29 is 14.3 Å². The molecular weight excluding hydrogens is 280 g/mol. The van der Waals surface area contributed by atoms with E-state index >= 15 is 0 Å². The second kappa shape index (κ2) is 5.83. The third-order valence-electron chi connectivity index (χ3n) is 2.58. The number of H-pyrrole nitrogens is 1. The number of thiazole rings is 1. The number of carbonyl (C=O) groups excluding carboxylic acids is 2. The fraction of sp³-hybridized carbons (Fsp3) is 0.333. The Hall–Kier alpha value is -2.22. The number of ether oxygens (including phenoxy) is 1. The molecular formula is C12H14N4O3S. The summed E-state index contributed by atoms with van der Waals surface area (Å²) in [7, 11) is 3.07. The van der Waals surface area contributed by atoms with Crippen LogP contribution in [0.2, 0.25) is 0 Å².